The predicted octanol–water partition coefficient (Wildman–Crippen LogP) is 1.44. The van der Waals surface area contributed by atoms with Gasteiger partial charge in [-0.25, -0.2) is 4.79 Å². The van der Waals surface area contributed by atoms with Gasteiger partial charge in [0.25, 0.3) is 0 Å². The van der Waals surface area contributed by atoms with E-state index < -0.39 is 0 Å². The SMILES string of the molecule is CC(C)COC(=O)N1CCC[C@H]1C=O. The first-order valence-electron chi connectivity index (χ1n) is 5.04. The first-order valence-corrected chi connectivity index (χ1v) is 5.04. The molecule has 4 heteroatoms. The Bertz CT molecular complexity index is 215. The van der Waals surface area contributed by atoms with Crippen molar-refractivity contribution in [1.29, 1.82) is 0 Å². The average Bonchev–Trinajstić information content (AvgIpc) is 2.61. The average molecular weight is 199 g/mol. The van der Waals surface area contributed by atoms with E-state index >= 15 is 0 Å². The fraction of sp³-hybridized carbons (Fsp3) is 0.800. The molecule has 1 aliphatic rings. The number of ether oxygens (including phenoxy) is 1. The molecule has 1 fully saturated rings. The molecule has 0 aromatic heterocycles. The van der Waals surface area contributed by atoms with E-state index in [0.717, 1.165) is 19.1 Å². The zero-order valence-corrected chi connectivity index (χ0v) is 8.73. The number of likely N-dealkylation sites (tertiary alicyclic amines) is 1. The van der Waals surface area contributed by atoms with Crippen LogP contribution in [0, 0.1) is 5.92 Å². The lowest BCUT2D eigenvalue weighted by Crippen LogP contribution is -2.37. The Morgan fingerprint density at radius 3 is 2.93 bits per heavy atom. The van der Waals surface area contributed by atoms with Gasteiger partial charge in [-0.3, -0.25) is 4.90 Å². The molecule has 0 unspecified atom stereocenters. The summed E-state index contributed by atoms with van der Waals surface area (Å²) in [5.41, 5.74) is 0. The van der Waals surface area contributed by atoms with Crippen LogP contribution in [0.4, 0.5) is 4.79 Å². The molecule has 0 N–H and O–H groups in total. The van der Waals surface area contributed by atoms with E-state index in [1.165, 1.54) is 4.90 Å². The Kier molecular flexibility index (Phi) is 3.92. The first-order chi connectivity index (χ1) is 6.65. The monoisotopic (exact) mass is 199 g/mol. The Hall–Kier alpha value is -1.06. The quantitative estimate of drug-likeness (QED) is 0.646. The third-order valence-electron chi connectivity index (χ3n) is 2.23. The van der Waals surface area contributed by atoms with Gasteiger partial charge in [0.05, 0.1) is 12.6 Å². The number of hydrogen-bond acceptors (Lipinski definition) is 3. The maximum atomic E-state index is 11.5. The minimum atomic E-state index is -0.353. The minimum absolute atomic E-state index is 0.269. The van der Waals surface area contributed by atoms with Crippen LogP contribution in [0.2, 0.25) is 0 Å². The van der Waals surface area contributed by atoms with Crippen molar-refractivity contribution >= 4 is 12.4 Å². The van der Waals surface area contributed by atoms with Gasteiger partial charge in [0.1, 0.15) is 6.29 Å². The molecule has 0 saturated carbocycles. The summed E-state index contributed by atoms with van der Waals surface area (Å²) >= 11 is 0. The molecule has 0 aliphatic carbocycles. The van der Waals surface area contributed by atoms with E-state index in [0.29, 0.717) is 19.1 Å². The van der Waals surface area contributed by atoms with Crippen LogP contribution in [0.5, 0.6) is 0 Å². The molecule has 0 radical (unpaired) electrons. The second-order valence-electron chi connectivity index (χ2n) is 4.01. The van der Waals surface area contributed by atoms with Crippen molar-refractivity contribution in [2.45, 2.75) is 32.7 Å². The maximum Gasteiger partial charge on any atom is 0.410 e. The molecule has 0 aromatic carbocycles. The van der Waals surface area contributed by atoms with Gasteiger partial charge in [-0.1, -0.05) is 13.8 Å². The molecular weight excluding hydrogens is 182 g/mol. The van der Waals surface area contributed by atoms with Crippen molar-refractivity contribution < 1.29 is 14.3 Å². The summed E-state index contributed by atoms with van der Waals surface area (Å²) in [6.07, 6.45) is 2.12. The Balaban J connectivity index is 2.39. The van der Waals surface area contributed by atoms with Crippen LogP contribution in [0.25, 0.3) is 0 Å². The molecule has 1 heterocycles. The van der Waals surface area contributed by atoms with Crippen molar-refractivity contribution in [2.75, 3.05) is 13.2 Å². The van der Waals surface area contributed by atoms with Gasteiger partial charge in [-0.2, -0.15) is 0 Å². The van der Waals surface area contributed by atoms with Crippen LogP contribution in [0.1, 0.15) is 26.7 Å². The van der Waals surface area contributed by atoms with Gasteiger partial charge in [-0.15, -0.1) is 0 Å². The van der Waals surface area contributed by atoms with Gasteiger partial charge >= 0.3 is 6.09 Å². The molecule has 1 atom stereocenters. The van der Waals surface area contributed by atoms with Gasteiger partial charge in [0.2, 0.25) is 0 Å². The highest BCUT2D eigenvalue weighted by Crippen LogP contribution is 2.16. The van der Waals surface area contributed by atoms with Gasteiger partial charge in [0.15, 0.2) is 0 Å². The second-order valence-corrected chi connectivity index (χ2v) is 4.01. The van der Waals surface area contributed by atoms with E-state index in [-0.39, 0.29) is 12.1 Å². The van der Waals surface area contributed by atoms with Crippen molar-refractivity contribution in [3.05, 3.63) is 0 Å². The molecule has 14 heavy (non-hydrogen) atoms. The molecule has 0 bridgehead atoms. The Labute approximate surface area is 84.2 Å². The van der Waals surface area contributed by atoms with Gasteiger partial charge < -0.3 is 9.53 Å². The van der Waals surface area contributed by atoms with Crippen LogP contribution in [-0.4, -0.2) is 36.5 Å². The third-order valence-corrected chi connectivity index (χ3v) is 2.23. The second kappa shape index (κ2) is 4.98. The van der Waals surface area contributed by atoms with E-state index in [4.69, 9.17) is 4.74 Å². The number of nitrogens with zero attached hydrogens (tertiary/aromatic N) is 1. The zero-order chi connectivity index (χ0) is 10.6. The van der Waals surface area contributed by atoms with Gasteiger partial charge in [0, 0.05) is 6.54 Å². The highest BCUT2D eigenvalue weighted by molar-refractivity contribution is 5.74. The molecule has 0 aromatic rings. The molecule has 1 rings (SSSR count). The van der Waals surface area contributed by atoms with Crippen LogP contribution < -0.4 is 0 Å². The fourth-order valence-electron chi connectivity index (χ4n) is 1.48. The lowest BCUT2D eigenvalue weighted by Gasteiger charge is -2.20. The Morgan fingerprint density at radius 1 is 1.64 bits per heavy atom. The number of amides is 1. The number of carbonyl (C=O) groups excluding carboxylic acids is 2. The van der Waals surface area contributed by atoms with Crippen molar-refractivity contribution in [2.24, 2.45) is 5.92 Å². The minimum Gasteiger partial charge on any atom is -0.449 e. The lowest BCUT2D eigenvalue weighted by molar-refractivity contribution is -0.111. The molecule has 1 amide bonds. The largest absolute Gasteiger partial charge is 0.449 e. The summed E-state index contributed by atoms with van der Waals surface area (Å²) in [4.78, 5) is 23.6. The number of aldehydes is 1. The maximum absolute atomic E-state index is 11.5. The summed E-state index contributed by atoms with van der Waals surface area (Å²) in [6.45, 7) is 5.02. The highest BCUT2D eigenvalue weighted by Gasteiger charge is 2.29. The van der Waals surface area contributed by atoms with Crippen LogP contribution in [0.3, 0.4) is 0 Å². The van der Waals surface area contributed by atoms with Gasteiger partial charge in [-0.05, 0) is 18.8 Å². The topological polar surface area (TPSA) is 46.6 Å². The molecule has 1 saturated heterocycles. The van der Waals surface area contributed by atoms with Crippen LogP contribution in [0.15, 0.2) is 0 Å². The summed E-state index contributed by atoms with van der Waals surface area (Å²) in [5.74, 6) is 0.330. The standard InChI is InChI=1S/C10H17NO3/c1-8(2)7-14-10(13)11-5-3-4-9(11)6-12/h6,8-9H,3-5,7H2,1-2H3/t9-/m0/s1. The lowest BCUT2D eigenvalue weighted by atomic mass is 10.2. The highest BCUT2D eigenvalue weighted by atomic mass is 16.6. The molecule has 4 nitrogen and oxygen atoms in total. The first kappa shape index (κ1) is 11.0. The smallest absolute Gasteiger partial charge is 0.410 e. The summed E-state index contributed by atoms with van der Waals surface area (Å²) in [7, 11) is 0. The van der Waals surface area contributed by atoms with E-state index in [1.54, 1.807) is 0 Å². The molecule has 80 valence electrons. The zero-order valence-electron chi connectivity index (χ0n) is 8.73. The number of hydrogen-bond donors (Lipinski definition) is 0. The summed E-state index contributed by atoms with van der Waals surface area (Å²) in [6, 6.07) is -0.269. The van der Waals surface area contributed by atoms with Crippen molar-refractivity contribution in [1.82, 2.24) is 4.90 Å². The fourth-order valence-corrected chi connectivity index (χ4v) is 1.48. The van der Waals surface area contributed by atoms with Crippen molar-refractivity contribution in [3.63, 3.8) is 0 Å². The molecular formula is C10H17NO3. The Morgan fingerprint density at radius 2 is 2.36 bits per heavy atom. The van der Waals surface area contributed by atoms with E-state index in [1.807, 2.05) is 13.8 Å². The van der Waals surface area contributed by atoms with E-state index in [2.05, 4.69) is 0 Å². The van der Waals surface area contributed by atoms with Crippen LogP contribution in [-0.2, 0) is 9.53 Å². The molecule has 1 aliphatic heterocycles. The third kappa shape index (κ3) is 2.72. The summed E-state index contributed by atoms with van der Waals surface area (Å²) < 4.78 is 5.05. The van der Waals surface area contributed by atoms with Crippen LogP contribution >= 0.6 is 0 Å². The molecule has 0 spiro atoms. The predicted molar refractivity (Wildman–Crippen MR) is 52.0 cm³/mol. The number of rotatable bonds is 3. The van der Waals surface area contributed by atoms with Crippen molar-refractivity contribution in [3.8, 4) is 0 Å². The van der Waals surface area contributed by atoms with E-state index in [9.17, 15) is 9.59 Å². The number of carbonyl (C=O) groups is 2. The normalized spacial score (nSPS) is 21.4. The summed E-state index contributed by atoms with van der Waals surface area (Å²) in [5, 5.41) is 0.